The molecule has 0 saturated carbocycles. The Morgan fingerprint density at radius 3 is 2.29 bits per heavy atom. The molecular formula is C12H24N2. The van der Waals surface area contributed by atoms with Gasteiger partial charge in [-0.2, -0.15) is 0 Å². The molecule has 2 fully saturated rings. The third kappa shape index (κ3) is 1.59. The van der Waals surface area contributed by atoms with Gasteiger partial charge in [0.25, 0.3) is 0 Å². The molecule has 2 aliphatic rings. The van der Waals surface area contributed by atoms with E-state index in [9.17, 15) is 0 Å². The van der Waals surface area contributed by atoms with E-state index in [4.69, 9.17) is 0 Å². The Balaban J connectivity index is 2.18. The largest absolute Gasteiger partial charge is 0.304 e. The number of likely N-dealkylation sites (tertiary alicyclic amines) is 2. The average Bonchev–Trinajstić information content (AvgIpc) is 2.59. The van der Waals surface area contributed by atoms with Crippen molar-refractivity contribution in [3.05, 3.63) is 0 Å². The van der Waals surface area contributed by atoms with Crippen LogP contribution >= 0.6 is 0 Å². The van der Waals surface area contributed by atoms with E-state index in [1.165, 1.54) is 38.9 Å². The lowest BCUT2D eigenvalue weighted by Gasteiger charge is -2.44. The smallest absolute Gasteiger partial charge is 0.0354 e. The summed E-state index contributed by atoms with van der Waals surface area (Å²) in [6.45, 7) is 10.9. The van der Waals surface area contributed by atoms with Gasteiger partial charge in [-0.15, -0.1) is 0 Å². The topological polar surface area (TPSA) is 6.48 Å². The first-order valence-electron chi connectivity index (χ1n) is 5.90. The van der Waals surface area contributed by atoms with Crippen molar-refractivity contribution in [2.24, 2.45) is 0 Å². The monoisotopic (exact) mass is 196 g/mol. The van der Waals surface area contributed by atoms with Gasteiger partial charge in [0.05, 0.1) is 0 Å². The predicted molar refractivity (Wildman–Crippen MR) is 60.5 cm³/mol. The highest BCUT2D eigenvalue weighted by atomic mass is 15.3. The van der Waals surface area contributed by atoms with Crippen LogP contribution in [0.1, 0.15) is 40.0 Å². The van der Waals surface area contributed by atoms with Gasteiger partial charge >= 0.3 is 0 Å². The Bertz CT molecular complexity index is 219. The van der Waals surface area contributed by atoms with Crippen molar-refractivity contribution in [2.45, 2.75) is 51.1 Å². The van der Waals surface area contributed by atoms with Crippen molar-refractivity contribution < 1.29 is 0 Å². The summed E-state index contributed by atoms with van der Waals surface area (Å²) in [5.74, 6) is 0. The van der Waals surface area contributed by atoms with Crippen molar-refractivity contribution >= 4 is 0 Å². The summed E-state index contributed by atoms with van der Waals surface area (Å²) in [6.07, 6.45) is 4.18. The Hall–Kier alpha value is -0.0800. The summed E-state index contributed by atoms with van der Waals surface area (Å²) >= 11 is 0. The fraction of sp³-hybridized carbons (Fsp3) is 1.00. The average molecular weight is 196 g/mol. The summed E-state index contributed by atoms with van der Waals surface area (Å²) in [7, 11) is 2.26. The van der Waals surface area contributed by atoms with Crippen LogP contribution in [0.5, 0.6) is 0 Å². The lowest BCUT2D eigenvalue weighted by atomic mass is 9.91. The minimum absolute atomic E-state index is 0.349. The van der Waals surface area contributed by atoms with Gasteiger partial charge in [-0.3, -0.25) is 4.90 Å². The standard InChI is InChI=1S/C12H24N2/c1-11(2,3)14-8-5-6-12(14)7-9-13(4)10-12/h5-10H2,1-4H3. The number of rotatable bonds is 0. The molecule has 0 N–H and O–H groups in total. The van der Waals surface area contributed by atoms with Gasteiger partial charge in [-0.05, 0) is 60.2 Å². The van der Waals surface area contributed by atoms with Gasteiger partial charge in [-0.25, -0.2) is 0 Å². The first-order chi connectivity index (χ1) is 6.44. The van der Waals surface area contributed by atoms with Crippen LogP contribution in [0.15, 0.2) is 0 Å². The second kappa shape index (κ2) is 3.21. The molecule has 2 rings (SSSR count). The van der Waals surface area contributed by atoms with Crippen molar-refractivity contribution in [1.82, 2.24) is 9.80 Å². The summed E-state index contributed by atoms with van der Waals surface area (Å²) in [4.78, 5) is 5.24. The summed E-state index contributed by atoms with van der Waals surface area (Å²) in [5.41, 5.74) is 0.870. The molecule has 82 valence electrons. The highest BCUT2D eigenvalue weighted by Crippen LogP contribution is 2.41. The van der Waals surface area contributed by atoms with E-state index in [1.807, 2.05) is 0 Å². The van der Waals surface area contributed by atoms with E-state index in [1.54, 1.807) is 0 Å². The van der Waals surface area contributed by atoms with Crippen molar-refractivity contribution in [3.63, 3.8) is 0 Å². The lowest BCUT2D eigenvalue weighted by Crippen LogP contribution is -2.54. The molecular weight excluding hydrogens is 172 g/mol. The summed E-state index contributed by atoms with van der Waals surface area (Å²) < 4.78 is 0. The molecule has 2 heterocycles. The molecule has 1 spiro atoms. The quantitative estimate of drug-likeness (QED) is 0.584. The Morgan fingerprint density at radius 1 is 1.07 bits per heavy atom. The van der Waals surface area contributed by atoms with Crippen LogP contribution in [0.4, 0.5) is 0 Å². The van der Waals surface area contributed by atoms with E-state index in [0.29, 0.717) is 11.1 Å². The zero-order chi connectivity index (χ0) is 10.4. The molecule has 0 aromatic carbocycles. The molecule has 1 atom stereocenters. The normalized spacial score (nSPS) is 36.0. The fourth-order valence-electron chi connectivity index (χ4n) is 3.47. The van der Waals surface area contributed by atoms with Gasteiger partial charge in [-0.1, -0.05) is 0 Å². The zero-order valence-electron chi connectivity index (χ0n) is 10.1. The van der Waals surface area contributed by atoms with Crippen LogP contribution < -0.4 is 0 Å². The summed E-state index contributed by atoms with van der Waals surface area (Å²) in [6, 6.07) is 0. The fourth-order valence-corrected chi connectivity index (χ4v) is 3.47. The minimum atomic E-state index is 0.349. The highest BCUT2D eigenvalue weighted by Gasteiger charge is 2.48. The van der Waals surface area contributed by atoms with Gasteiger partial charge in [0.15, 0.2) is 0 Å². The van der Waals surface area contributed by atoms with E-state index in [0.717, 1.165) is 0 Å². The Morgan fingerprint density at radius 2 is 1.79 bits per heavy atom. The molecule has 0 aliphatic carbocycles. The zero-order valence-corrected chi connectivity index (χ0v) is 10.1. The summed E-state index contributed by atoms with van der Waals surface area (Å²) in [5, 5.41) is 0. The molecule has 2 aliphatic heterocycles. The van der Waals surface area contributed by atoms with Crippen molar-refractivity contribution in [2.75, 3.05) is 26.7 Å². The molecule has 2 heteroatoms. The first kappa shape index (κ1) is 10.4. The minimum Gasteiger partial charge on any atom is -0.304 e. The first-order valence-corrected chi connectivity index (χ1v) is 5.90. The molecule has 2 saturated heterocycles. The second-order valence-corrected chi connectivity index (χ2v) is 6.14. The number of hydrogen-bond acceptors (Lipinski definition) is 2. The maximum absolute atomic E-state index is 2.75. The molecule has 14 heavy (non-hydrogen) atoms. The van der Waals surface area contributed by atoms with Gasteiger partial charge in [0.1, 0.15) is 0 Å². The van der Waals surface area contributed by atoms with Crippen molar-refractivity contribution in [1.29, 1.82) is 0 Å². The maximum Gasteiger partial charge on any atom is 0.0354 e. The molecule has 2 nitrogen and oxygen atoms in total. The molecule has 0 aromatic heterocycles. The molecule has 1 unspecified atom stereocenters. The molecule has 0 bridgehead atoms. The van der Waals surface area contributed by atoms with E-state index >= 15 is 0 Å². The SMILES string of the molecule is CN1CCC2(CCCN2C(C)(C)C)C1. The van der Waals surface area contributed by atoms with Crippen LogP contribution in [-0.4, -0.2) is 47.6 Å². The second-order valence-electron chi connectivity index (χ2n) is 6.14. The highest BCUT2D eigenvalue weighted by molar-refractivity contribution is 5.05. The van der Waals surface area contributed by atoms with Gasteiger partial charge in [0, 0.05) is 17.6 Å². The predicted octanol–water partition coefficient (Wildman–Crippen LogP) is 1.95. The molecule has 0 aromatic rings. The third-order valence-electron chi connectivity index (χ3n) is 3.93. The third-order valence-corrected chi connectivity index (χ3v) is 3.93. The van der Waals surface area contributed by atoms with E-state index in [2.05, 4.69) is 37.6 Å². The lowest BCUT2D eigenvalue weighted by molar-refractivity contribution is 0.0502. The van der Waals surface area contributed by atoms with Crippen LogP contribution in [0.3, 0.4) is 0 Å². The Labute approximate surface area is 88.3 Å². The number of hydrogen-bond donors (Lipinski definition) is 0. The van der Waals surface area contributed by atoms with Crippen molar-refractivity contribution in [3.8, 4) is 0 Å². The number of likely N-dealkylation sites (N-methyl/N-ethyl adjacent to an activating group) is 1. The Kier molecular flexibility index (Phi) is 2.39. The maximum atomic E-state index is 2.75. The van der Waals surface area contributed by atoms with Crippen LogP contribution in [0.2, 0.25) is 0 Å². The van der Waals surface area contributed by atoms with E-state index < -0.39 is 0 Å². The van der Waals surface area contributed by atoms with Crippen LogP contribution in [0.25, 0.3) is 0 Å². The molecule has 0 amide bonds. The van der Waals surface area contributed by atoms with Crippen LogP contribution in [-0.2, 0) is 0 Å². The van der Waals surface area contributed by atoms with Gasteiger partial charge in [0.2, 0.25) is 0 Å². The van der Waals surface area contributed by atoms with Crippen LogP contribution in [0, 0.1) is 0 Å². The van der Waals surface area contributed by atoms with Gasteiger partial charge < -0.3 is 4.90 Å². The number of nitrogens with zero attached hydrogens (tertiary/aromatic N) is 2. The van der Waals surface area contributed by atoms with E-state index in [-0.39, 0.29) is 0 Å². The molecule has 0 radical (unpaired) electrons.